The summed E-state index contributed by atoms with van der Waals surface area (Å²) < 4.78 is 10.5. The molecular weight excluding hydrogens is 206 g/mol. The van der Waals surface area contributed by atoms with E-state index in [4.69, 9.17) is 15.2 Å². The molecule has 1 aromatic carbocycles. The summed E-state index contributed by atoms with van der Waals surface area (Å²) in [6.07, 6.45) is 2.72. The smallest absolute Gasteiger partial charge is 0.231 e. The van der Waals surface area contributed by atoms with Gasteiger partial charge in [-0.3, -0.25) is 4.79 Å². The van der Waals surface area contributed by atoms with Gasteiger partial charge < -0.3 is 15.2 Å². The van der Waals surface area contributed by atoms with Crippen molar-refractivity contribution in [3.63, 3.8) is 0 Å². The fourth-order valence-electron chi connectivity index (χ4n) is 2.40. The average molecular weight is 219 g/mol. The van der Waals surface area contributed by atoms with Gasteiger partial charge in [-0.1, -0.05) is 12.5 Å². The summed E-state index contributed by atoms with van der Waals surface area (Å²) in [5, 5.41) is 0. The van der Waals surface area contributed by atoms with Crippen molar-refractivity contribution in [3.05, 3.63) is 23.8 Å². The molecule has 0 bridgehead atoms. The lowest BCUT2D eigenvalue weighted by atomic mass is 9.64. The first-order valence-corrected chi connectivity index (χ1v) is 5.42. The van der Waals surface area contributed by atoms with E-state index in [1.165, 1.54) is 0 Å². The Balaban J connectivity index is 2.03. The first-order valence-electron chi connectivity index (χ1n) is 5.42. The quantitative estimate of drug-likeness (QED) is 0.816. The van der Waals surface area contributed by atoms with Crippen molar-refractivity contribution in [1.29, 1.82) is 0 Å². The van der Waals surface area contributed by atoms with Gasteiger partial charge in [-0.2, -0.15) is 0 Å². The number of nitrogens with two attached hydrogens (primary N) is 1. The van der Waals surface area contributed by atoms with Crippen molar-refractivity contribution in [2.45, 2.75) is 24.7 Å². The molecule has 4 nitrogen and oxygen atoms in total. The standard InChI is InChI=1S/C12H13NO3/c13-11(14)12(4-1-5-12)8-2-3-9-10(6-8)16-7-15-9/h2-3,6H,1,4-5,7H2,(H2,13,14). The van der Waals surface area contributed by atoms with Crippen LogP contribution in [0.3, 0.4) is 0 Å². The number of amides is 1. The Bertz CT molecular complexity index is 452. The molecule has 0 spiro atoms. The largest absolute Gasteiger partial charge is 0.454 e. The molecule has 1 heterocycles. The first kappa shape index (κ1) is 9.51. The molecule has 0 radical (unpaired) electrons. The highest BCUT2D eigenvalue weighted by atomic mass is 16.7. The zero-order valence-corrected chi connectivity index (χ0v) is 8.86. The van der Waals surface area contributed by atoms with E-state index in [2.05, 4.69) is 0 Å². The second-order valence-corrected chi connectivity index (χ2v) is 4.37. The molecule has 1 saturated carbocycles. The van der Waals surface area contributed by atoms with Crippen LogP contribution in [0.25, 0.3) is 0 Å². The molecule has 1 aromatic rings. The number of fused-ring (bicyclic) bond motifs is 1. The second kappa shape index (κ2) is 3.14. The molecule has 0 aromatic heterocycles. The van der Waals surface area contributed by atoms with Crippen LogP contribution in [0.1, 0.15) is 24.8 Å². The van der Waals surface area contributed by atoms with Gasteiger partial charge in [0.2, 0.25) is 12.7 Å². The fourth-order valence-corrected chi connectivity index (χ4v) is 2.40. The lowest BCUT2D eigenvalue weighted by molar-refractivity contribution is -0.126. The summed E-state index contributed by atoms with van der Waals surface area (Å²) in [5.41, 5.74) is 5.98. The summed E-state index contributed by atoms with van der Waals surface area (Å²) in [7, 11) is 0. The van der Waals surface area contributed by atoms with E-state index in [1.807, 2.05) is 18.2 Å². The predicted octanol–water partition coefficient (Wildman–Crippen LogP) is 1.32. The zero-order chi connectivity index (χ0) is 11.2. The third kappa shape index (κ3) is 1.13. The van der Waals surface area contributed by atoms with Gasteiger partial charge in [-0.15, -0.1) is 0 Å². The lowest BCUT2D eigenvalue weighted by Crippen LogP contribution is -2.46. The van der Waals surface area contributed by atoms with Gasteiger partial charge >= 0.3 is 0 Å². The minimum atomic E-state index is -0.471. The number of carbonyl (C=O) groups excluding carboxylic acids is 1. The molecule has 1 aliphatic heterocycles. The maximum atomic E-state index is 11.6. The van der Waals surface area contributed by atoms with E-state index in [1.54, 1.807) is 0 Å². The van der Waals surface area contributed by atoms with E-state index >= 15 is 0 Å². The third-order valence-electron chi connectivity index (χ3n) is 3.60. The summed E-state index contributed by atoms with van der Waals surface area (Å²) in [6, 6.07) is 5.64. The highest BCUT2D eigenvalue weighted by Crippen LogP contribution is 2.46. The lowest BCUT2D eigenvalue weighted by Gasteiger charge is -2.39. The fraction of sp³-hybridized carbons (Fsp3) is 0.417. The van der Waals surface area contributed by atoms with Crippen molar-refractivity contribution in [2.24, 2.45) is 5.73 Å². The van der Waals surface area contributed by atoms with Crippen LogP contribution in [0.15, 0.2) is 18.2 Å². The van der Waals surface area contributed by atoms with E-state index in [0.29, 0.717) is 5.75 Å². The van der Waals surface area contributed by atoms with Crippen molar-refractivity contribution in [2.75, 3.05) is 6.79 Å². The maximum absolute atomic E-state index is 11.6. The summed E-state index contributed by atoms with van der Waals surface area (Å²) >= 11 is 0. The van der Waals surface area contributed by atoms with Crippen LogP contribution in [0.4, 0.5) is 0 Å². The Morgan fingerprint density at radius 2 is 2.00 bits per heavy atom. The number of benzene rings is 1. The summed E-state index contributed by atoms with van der Waals surface area (Å²) in [4.78, 5) is 11.6. The second-order valence-electron chi connectivity index (χ2n) is 4.37. The Labute approximate surface area is 93.3 Å². The molecule has 4 heteroatoms. The topological polar surface area (TPSA) is 61.6 Å². The van der Waals surface area contributed by atoms with Crippen LogP contribution in [0, 0.1) is 0 Å². The molecule has 1 fully saturated rings. The SMILES string of the molecule is NC(=O)C1(c2ccc3c(c2)OCO3)CCC1. The van der Waals surface area contributed by atoms with Crippen LogP contribution in [0.5, 0.6) is 11.5 Å². The molecule has 84 valence electrons. The summed E-state index contributed by atoms with van der Waals surface area (Å²) in [6.45, 7) is 0.252. The van der Waals surface area contributed by atoms with Gasteiger partial charge in [-0.05, 0) is 30.5 Å². The Kier molecular flexibility index (Phi) is 1.87. The van der Waals surface area contributed by atoms with Gasteiger partial charge in [0.05, 0.1) is 5.41 Å². The molecule has 0 atom stereocenters. The highest BCUT2D eigenvalue weighted by molar-refractivity contribution is 5.88. The predicted molar refractivity (Wildman–Crippen MR) is 57.3 cm³/mol. The maximum Gasteiger partial charge on any atom is 0.231 e. The number of primary amides is 1. The van der Waals surface area contributed by atoms with E-state index in [-0.39, 0.29) is 12.7 Å². The first-order chi connectivity index (χ1) is 7.72. The molecule has 16 heavy (non-hydrogen) atoms. The Hall–Kier alpha value is -1.71. The van der Waals surface area contributed by atoms with Crippen molar-refractivity contribution in [3.8, 4) is 11.5 Å². The number of carbonyl (C=O) groups is 1. The summed E-state index contributed by atoms with van der Waals surface area (Å²) in [5.74, 6) is 1.21. The normalized spacial score (nSPS) is 20.2. The molecule has 1 amide bonds. The van der Waals surface area contributed by atoms with Gasteiger partial charge in [0.15, 0.2) is 11.5 Å². The van der Waals surface area contributed by atoms with Crippen molar-refractivity contribution in [1.82, 2.24) is 0 Å². The Morgan fingerprint density at radius 3 is 2.62 bits per heavy atom. The van der Waals surface area contributed by atoms with E-state index in [0.717, 1.165) is 30.6 Å². The van der Waals surface area contributed by atoms with Crippen LogP contribution in [-0.4, -0.2) is 12.7 Å². The van der Waals surface area contributed by atoms with Crippen molar-refractivity contribution < 1.29 is 14.3 Å². The van der Waals surface area contributed by atoms with Crippen molar-refractivity contribution >= 4 is 5.91 Å². The molecule has 1 aliphatic carbocycles. The van der Waals surface area contributed by atoms with Gasteiger partial charge in [-0.25, -0.2) is 0 Å². The molecule has 2 N–H and O–H groups in total. The number of ether oxygens (including phenoxy) is 2. The highest BCUT2D eigenvalue weighted by Gasteiger charge is 2.44. The monoisotopic (exact) mass is 219 g/mol. The average Bonchev–Trinajstić information content (AvgIpc) is 2.62. The third-order valence-corrected chi connectivity index (χ3v) is 3.60. The van der Waals surface area contributed by atoms with Crippen LogP contribution >= 0.6 is 0 Å². The minimum absolute atomic E-state index is 0.238. The number of hydrogen-bond donors (Lipinski definition) is 1. The number of hydrogen-bond acceptors (Lipinski definition) is 3. The molecule has 0 unspecified atom stereocenters. The molecule has 3 rings (SSSR count). The van der Waals surface area contributed by atoms with Gasteiger partial charge in [0, 0.05) is 0 Å². The van der Waals surface area contributed by atoms with Crippen LogP contribution < -0.4 is 15.2 Å². The molecular formula is C12H13NO3. The number of rotatable bonds is 2. The molecule has 0 saturated heterocycles. The van der Waals surface area contributed by atoms with Crippen LogP contribution in [0.2, 0.25) is 0 Å². The van der Waals surface area contributed by atoms with Crippen LogP contribution in [-0.2, 0) is 10.2 Å². The zero-order valence-electron chi connectivity index (χ0n) is 8.86. The minimum Gasteiger partial charge on any atom is -0.454 e. The molecule has 2 aliphatic rings. The van der Waals surface area contributed by atoms with E-state index < -0.39 is 5.41 Å². The Morgan fingerprint density at radius 1 is 1.25 bits per heavy atom. The van der Waals surface area contributed by atoms with Gasteiger partial charge in [0.25, 0.3) is 0 Å². The van der Waals surface area contributed by atoms with E-state index in [9.17, 15) is 4.79 Å². The van der Waals surface area contributed by atoms with Gasteiger partial charge in [0.1, 0.15) is 0 Å².